The highest BCUT2D eigenvalue weighted by molar-refractivity contribution is 5.76. The van der Waals surface area contributed by atoms with E-state index in [4.69, 9.17) is 4.74 Å². The number of hydrogen-bond donors (Lipinski definition) is 3. The smallest absolute Gasteiger partial charge is 0.305 e. The molecule has 6 heteroatoms. The zero-order valence-corrected chi connectivity index (χ0v) is 62.4. The molecule has 0 bridgehead atoms. The normalized spacial score (nSPS) is 12.4. The molecular weight excluding hydrogens is 1110 g/mol. The Hall–Kier alpha value is -1.40. The Bertz CT molecular complexity index is 1380. The third-order valence-electron chi connectivity index (χ3n) is 20.3. The van der Waals surface area contributed by atoms with Crippen molar-refractivity contribution in [3.8, 4) is 0 Å². The number of unbranched alkanes of at least 4 members (excludes halogenated alkanes) is 68. The Morgan fingerprint density at radius 2 is 0.516 bits per heavy atom. The van der Waals surface area contributed by atoms with Gasteiger partial charge in [-0.25, -0.2) is 0 Å². The topological polar surface area (TPSA) is 95.9 Å². The van der Waals surface area contributed by atoms with Gasteiger partial charge in [0.05, 0.1) is 25.4 Å². The molecule has 3 N–H and O–H groups in total. The fourth-order valence-corrected chi connectivity index (χ4v) is 13.9. The first kappa shape index (κ1) is 89.6. The average Bonchev–Trinajstić information content (AvgIpc) is 3.66. The maximum absolute atomic E-state index is 12.6. The lowest BCUT2D eigenvalue weighted by molar-refractivity contribution is -0.143. The predicted molar refractivity (Wildman–Crippen MR) is 403 cm³/mol. The third-order valence-corrected chi connectivity index (χ3v) is 20.3. The van der Waals surface area contributed by atoms with Gasteiger partial charge < -0.3 is 20.3 Å². The van der Waals surface area contributed by atoms with Gasteiger partial charge in [-0.1, -0.05) is 443 Å². The van der Waals surface area contributed by atoms with E-state index in [2.05, 4.69) is 31.3 Å². The molecule has 0 aromatic carbocycles. The number of nitrogens with one attached hydrogen (secondary N) is 1. The third kappa shape index (κ3) is 77.5. The first-order valence-corrected chi connectivity index (χ1v) is 42.4. The fraction of sp³-hybridized carbons (Fsp3) is 0.953. The second kappa shape index (κ2) is 81.0. The van der Waals surface area contributed by atoms with E-state index < -0.39 is 12.1 Å². The van der Waals surface area contributed by atoms with Crippen LogP contribution in [0.1, 0.15) is 495 Å². The lowest BCUT2D eigenvalue weighted by Crippen LogP contribution is -2.45. The molecule has 0 aliphatic heterocycles. The summed E-state index contributed by atoms with van der Waals surface area (Å²) < 4.78 is 5.51. The molecule has 0 aromatic heterocycles. The Balaban J connectivity index is 3.30. The van der Waals surface area contributed by atoms with Crippen molar-refractivity contribution in [3.05, 3.63) is 12.2 Å². The van der Waals surface area contributed by atoms with Crippen molar-refractivity contribution in [3.63, 3.8) is 0 Å². The molecule has 0 rings (SSSR count). The van der Waals surface area contributed by atoms with Crippen molar-refractivity contribution in [2.75, 3.05) is 13.2 Å². The minimum absolute atomic E-state index is 0.0173. The quantitative estimate of drug-likeness (QED) is 0.0320. The van der Waals surface area contributed by atoms with Crippen LogP contribution >= 0.6 is 0 Å². The number of hydrogen-bond acceptors (Lipinski definition) is 5. The number of ether oxygens (including phenoxy) is 1. The number of aliphatic hydroxyl groups excluding tert-OH is 2. The van der Waals surface area contributed by atoms with Crippen LogP contribution in [0, 0.1) is 0 Å². The first-order valence-electron chi connectivity index (χ1n) is 42.4. The molecule has 91 heavy (non-hydrogen) atoms. The zero-order valence-electron chi connectivity index (χ0n) is 62.4. The van der Waals surface area contributed by atoms with Crippen LogP contribution in [0.3, 0.4) is 0 Å². The minimum atomic E-state index is -0.661. The summed E-state index contributed by atoms with van der Waals surface area (Å²) in [5.74, 6) is -0.00590. The lowest BCUT2D eigenvalue weighted by atomic mass is 10.0. The molecular formula is C85H167NO5. The summed E-state index contributed by atoms with van der Waals surface area (Å²) in [7, 11) is 0. The van der Waals surface area contributed by atoms with Crippen LogP contribution in [0.4, 0.5) is 0 Å². The van der Waals surface area contributed by atoms with Crippen molar-refractivity contribution in [1.82, 2.24) is 5.32 Å². The van der Waals surface area contributed by atoms with Gasteiger partial charge in [0.25, 0.3) is 0 Å². The van der Waals surface area contributed by atoms with Gasteiger partial charge in [0, 0.05) is 12.8 Å². The van der Waals surface area contributed by atoms with Gasteiger partial charge >= 0.3 is 5.97 Å². The Morgan fingerprint density at radius 3 is 0.780 bits per heavy atom. The van der Waals surface area contributed by atoms with Gasteiger partial charge in [-0.3, -0.25) is 9.59 Å². The summed E-state index contributed by atoms with van der Waals surface area (Å²) in [4.78, 5) is 24.7. The van der Waals surface area contributed by atoms with Crippen molar-refractivity contribution in [1.29, 1.82) is 0 Å². The summed E-state index contributed by atoms with van der Waals surface area (Å²) in [6.07, 6.45) is 103. The largest absolute Gasteiger partial charge is 0.466 e. The Labute approximate surface area is 571 Å². The van der Waals surface area contributed by atoms with E-state index in [0.29, 0.717) is 25.9 Å². The van der Waals surface area contributed by atoms with Crippen LogP contribution in [0.25, 0.3) is 0 Å². The van der Waals surface area contributed by atoms with Crippen LogP contribution in [-0.4, -0.2) is 47.4 Å². The lowest BCUT2D eigenvalue weighted by Gasteiger charge is -2.22. The Morgan fingerprint density at radius 1 is 0.297 bits per heavy atom. The van der Waals surface area contributed by atoms with Crippen LogP contribution in [0.2, 0.25) is 0 Å². The molecule has 6 nitrogen and oxygen atoms in total. The van der Waals surface area contributed by atoms with Crippen LogP contribution in [0.15, 0.2) is 12.2 Å². The highest BCUT2D eigenvalue weighted by Crippen LogP contribution is 2.21. The minimum Gasteiger partial charge on any atom is -0.466 e. The summed E-state index contributed by atoms with van der Waals surface area (Å²) in [6.45, 7) is 5.01. The summed E-state index contributed by atoms with van der Waals surface area (Å²) >= 11 is 0. The fourth-order valence-electron chi connectivity index (χ4n) is 13.9. The highest BCUT2D eigenvalue weighted by Gasteiger charge is 2.20. The molecule has 1 amide bonds. The maximum atomic E-state index is 12.6. The van der Waals surface area contributed by atoms with Crippen LogP contribution in [0.5, 0.6) is 0 Å². The van der Waals surface area contributed by atoms with Gasteiger partial charge in [-0.05, 0) is 51.4 Å². The molecule has 0 aliphatic carbocycles. The molecule has 2 atom stereocenters. The van der Waals surface area contributed by atoms with Gasteiger partial charge in [-0.15, -0.1) is 0 Å². The first-order chi connectivity index (χ1) is 45.0. The molecule has 0 saturated carbocycles. The van der Waals surface area contributed by atoms with E-state index >= 15 is 0 Å². The monoisotopic (exact) mass is 1280 g/mol. The number of carbonyl (C=O) groups excluding carboxylic acids is 2. The van der Waals surface area contributed by atoms with Gasteiger partial charge in [0.2, 0.25) is 5.91 Å². The summed E-state index contributed by atoms with van der Waals surface area (Å²) in [5.41, 5.74) is 0. The molecule has 0 radical (unpaired) electrons. The highest BCUT2D eigenvalue weighted by atomic mass is 16.5. The zero-order chi connectivity index (χ0) is 65.6. The Kier molecular flexibility index (Phi) is 79.8. The van der Waals surface area contributed by atoms with E-state index in [-0.39, 0.29) is 18.5 Å². The molecule has 0 fully saturated rings. The molecule has 0 saturated heterocycles. The van der Waals surface area contributed by atoms with Crippen LogP contribution in [-0.2, 0) is 14.3 Å². The number of carbonyl (C=O) groups is 2. The predicted octanol–water partition coefficient (Wildman–Crippen LogP) is 28.2. The van der Waals surface area contributed by atoms with Gasteiger partial charge in [0.15, 0.2) is 0 Å². The summed E-state index contributed by atoms with van der Waals surface area (Å²) in [5, 5.41) is 23.5. The number of rotatable bonds is 81. The van der Waals surface area contributed by atoms with Crippen molar-refractivity contribution >= 4 is 11.9 Å². The van der Waals surface area contributed by atoms with E-state index in [1.165, 1.54) is 417 Å². The SMILES string of the molecule is CCCCCCCCC/C=C\CCCCCCCC(=O)OCCCCCCCCCCCCCCCCCCCCCCCCCCCCCCCCCCCCCCCC(=O)NC(CO)C(O)CCCCCCCCCCCCCCCCCCCCCCC. The van der Waals surface area contributed by atoms with Gasteiger partial charge in [0.1, 0.15) is 0 Å². The molecule has 542 valence electrons. The molecule has 0 spiro atoms. The second-order valence-corrected chi connectivity index (χ2v) is 29.5. The van der Waals surface area contributed by atoms with Gasteiger partial charge in [-0.2, -0.15) is 0 Å². The van der Waals surface area contributed by atoms with Crippen molar-refractivity contribution < 1.29 is 24.5 Å². The molecule has 0 aliphatic rings. The number of esters is 1. The van der Waals surface area contributed by atoms with E-state index in [9.17, 15) is 19.8 Å². The van der Waals surface area contributed by atoms with Crippen LogP contribution < -0.4 is 5.32 Å². The second-order valence-electron chi connectivity index (χ2n) is 29.5. The van der Waals surface area contributed by atoms with E-state index in [1.807, 2.05) is 0 Å². The molecule has 2 unspecified atom stereocenters. The summed E-state index contributed by atoms with van der Waals surface area (Å²) in [6, 6.07) is -0.537. The van der Waals surface area contributed by atoms with Crippen molar-refractivity contribution in [2.45, 2.75) is 508 Å². The molecule has 0 aromatic rings. The standard InChI is InChI=1S/C85H167NO5/c1-3-5-7-9-11-13-15-17-19-21-22-40-43-46-49-53-57-61-65-69-73-77-83(88)82(81-87)86-84(89)78-74-70-66-62-58-54-50-47-44-41-38-36-34-32-30-28-26-24-23-25-27-29-31-33-35-37-39-42-45-48-52-56-60-64-68-72-76-80-91-85(90)79-75-71-67-63-59-55-51-20-18-16-14-12-10-8-6-4-2/h20,51,82-83,87-88H,3-19,21-50,52-81H2,1-2H3,(H,86,89)/b51-20-. The number of aliphatic hydroxyl groups is 2. The maximum Gasteiger partial charge on any atom is 0.305 e. The number of amides is 1. The molecule has 0 heterocycles. The van der Waals surface area contributed by atoms with Crippen molar-refractivity contribution in [2.24, 2.45) is 0 Å². The average molecular weight is 1280 g/mol. The number of allylic oxidation sites excluding steroid dienone is 2. The van der Waals surface area contributed by atoms with E-state index in [0.717, 1.165) is 44.9 Å². The van der Waals surface area contributed by atoms with E-state index in [1.54, 1.807) is 0 Å².